The van der Waals surface area contributed by atoms with Crippen molar-refractivity contribution >= 4 is 10.0 Å². The van der Waals surface area contributed by atoms with Gasteiger partial charge in [-0.1, -0.05) is 33.3 Å². The molecule has 4 nitrogen and oxygen atoms in total. The first kappa shape index (κ1) is 18.1. The van der Waals surface area contributed by atoms with Crippen LogP contribution in [0.5, 0.6) is 0 Å². The summed E-state index contributed by atoms with van der Waals surface area (Å²) in [5.74, 6) is -0.523. The van der Waals surface area contributed by atoms with Crippen molar-refractivity contribution < 1.29 is 12.8 Å². The highest BCUT2D eigenvalue weighted by atomic mass is 32.2. The number of halogens is 1. The molecule has 1 aromatic carbocycles. The third kappa shape index (κ3) is 5.05. The molecule has 0 saturated heterocycles. The van der Waals surface area contributed by atoms with Gasteiger partial charge in [0.05, 0.1) is 0 Å². The predicted molar refractivity (Wildman–Crippen MR) is 83.0 cm³/mol. The minimum atomic E-state index is -3.83. The fraction of sp³-hybridized carbons (Fsp3) is 0.600. The SMILES string of the molecule is CCNCc1ccc(S(=O)(=O)NC(C)C(C)CC)c(F)c1. The Morgan fingerprint density at radius 2 is 1.90 bits per heavy atom. The number of sulfonamides is 1. The predicted octanol–water partition coefficient (Wildman–Crippen LogP) is 2.65. The lowest BCUT2D eigenvalue weighted by Crippen LogP contribution is -2.37. The van der Waals surface area contributed by atoms with Gasteiger partial charge in [0.15, 0.2) is 0 Å². The lowest BCUT2D eigenvalue weighted by molar-refractivity contribution is 0.432. The minimum Gasteiger partial charge on any atom is -0.313 e. The highest BCUT2D eigenvalue weighted by Gasteiger charge is 2.23. The first-order valence-electron chi connectivity index (χ1n) is 7.33. The molecule has 2 N–H and O–H groups in total. The maximum Gasteiger partial charge on any atom is 0.243 e. The zero-order valence-corrected chi connectivity index (χ0v) is 13.9. The van der Waals surface area contributed by atoms with Gasteiger partial charge in [-0.3, -0.25) is 0 Å². The highest BCUT2D eigenvalue weighted by Crippen LogP contribution is 2.18. The summed E-state index contributed by atoms with van der Waals surface area (Å²) >= 11 is 0. The van der Waals surface area contributed by atoms with Crippen molar-refractivity contribution in [3.63, 3.8) is 0 Å². The lowest BCUT2D eigenvalue weighted by Gasteiger charge is -2.20. The molecule has 0 heterocycles. The van der Waals surface area contributed by atoms with E-state index in [-0.39, 0.29) is 16.9 Å². The first-order chi connectivity index (χ1) is 9.81. The van der Waals surface area contributed by atoms with Crippen LogP contribution < -0.4 is 10.0 Å². The van der Waals surface area contributed by atoms with Crippen molar-refractivity contribution in [2.24, 2.45) is 5.92 Å². The molecule has 0 saturated carbocycles. The van der Waals surface area contributed by atoms with E-state index < -0.39 is 15.8 Å². The molecular weight excluding hydrogens is 291 g/mol. The van der Waals surface area contributed by atoms with Gasteiger partial charge < -0.3 is 5.32 Å². The molecule has 120 valence electrons. The number of hydrogen-bond donors (Lipinski definition) is 2. The summed E-state index contributed by atoms with van der Waals surface area (Å²) in [6, 6.07) is 3.99. The molecule has 0 aromatic heterocycles. The van der Waals surface area contributed by atoms with E-state index in [2.05, 4.69) is 10.0 Å². The van der Waals surface area contributed by atoms with Gasteiger partial charge in [0, 0.05) is 12.6 Å². The summed E-state index contributed by atoms with van der Waals surface area (Å²) in [5.41, 5.74) is 0.725. The third-order valence-electron chi connectivity index (χ3n) is 3.70. The molecule has 0 amide bonds. The van der Waals surface area contributed by atoms with Gasteiger partial charge in [0.1, 0.15) is 10.7 Å². The second-order valence-electron chi connectivity index (χ2n) is 5.34. The Hall–Kier alpha value is -0.980. The van der Waals surface area contributed by atoms with E-state index in [1.165, 1.54) is 12.1 Å². The number of hydrogen-bond acceptors (Lipinski definition) is 3. The lowest BCUT2D eigenvalue weighted by atomic mass is 10.0. The number of rotatable bonds is 8. The van der Waals surface area contributed by atoms with Crippen molar-refractivity contribution in [1.82, 2.24) is 10.0 Å². The summed E-state index contributed by atoms with van der Waals surface area (Å²) in [6.07, 6.45) is 0.855. The topological polar surface area (TPSA) is 58.2 Å². The average molecular weight is 316 g/mol. The maximum absolute atomic E-state index is 14.1. The first-order valence-corrected chi connectivity index (χ1v) is 8.81. The van der Waals surface area contributed by atoms with Gasteiger partial charge >= 0.3 is 0 Å². The van der Waals surface area contributed by atoms with Crippen molar-refractivity contribution in [1.29, 1.82) is 0 Å². The minimum absolute atomic E-state index is 0.191. The van der Waals surface area contributed by atoms with Crippen LogP contribution in [0.3, 0.4) is 0 Å². The molecule has 6 heteroatoms. The normalized spacial score (nSPS) is 14.9. The van der Waals surface area contributed by atoms with Gasteiger partial charge in [0.2, 0.25) is 10.0 Å². The molecule has 0 aliphatic heterocycles. The van der Waals surface area contributed by atoms with E-state index in [4.69, 9.17) is 0 Å². The number of benzene rings is 1. The Kier molecular flexibility index (Phi) is 6.77. The fourth-order valence-corrected chi connectivity index (χ4v) is 3.33. The van der Waals surface area contributed by atoms with E-state index in [1.54, 1.807) is 13.0 Å². The fourth-order valence-electron chi connectivity index (χ4n) is 1.92. The molecule has 1 rings (SSSR count). The van der Waals surface area contributed by atoms with E-state index in [1.807, 2.05) is 20.8 Å². The summed E-state index contributed by atoms with van der Waals surface area (Å²) < 4.78 is 41.1. The van der Waals surface area contributed by atoms with Crippen molar-refractivity contribution in [2.75, 3.05) is 6.54 Å². The molecule has 0 spiro atoms. The standard InChI is InChI=1S/C15H25FN2O2S/c1-5-11(3)12(4)18-21(19,20)15-8-7-13(9-14(15)16)10-17-6-2/h7-9,11-12,17-18H,5-6,10H2,1-4H3. The average Bonchev–Trinajstić information content (AvgIpc) is 2.43. The Labute approximate surface area is 127 Å². The zero-order chi connectivity index (χ0) is 16.0. The van der Waals surface area contributed by atoms with Crippen LogP contribution in [0, 0.1) is 11.7 Å². The summed E-state index contributed by atoms with van der Waals surface area (Å²) in [7, 11) is -3.83. The molecule has 21 heavy (non-hydrogen) atoms. The Bertz CT molecular complexity index is 561. The van der Waals surface area contributed by atoms with Gasteiger partial charge in [-0.05, 0) is 37.1 Å². The summed E-state index contributed by atoms with van der Waals surface area (Å²) in [5, 5.41) is 3.07. The number of nitrogens with one attached hydrogen (secondary N) is 2. The van der Waals surface area contributed by atoms with Crippen LogP contribution in [0.25, 0.3) is 0 Å². The Morgan fingerprint density at radius 3 is 2.43 bits per heavy atom. The van der Waals surface area contributed by atoms with Crippen LogP contribution in [0.2, 0.25) is 0 Å². The van der Waals surface area contributed by atoms with Crippen LogP contribution >= 0.6 is 0 Å². The molecule has 0 fully saturated rings. The van der Waals surface area contributed by atoms with Crippen LogP contribution in [-0.4, -0.2) is 21.0 Å². The van der Waals surface area contributed by atoms with Crippen molar-refractivity contribution in [3.8, 4) is 0 Å². The molecule has 0 radical (unpaired) electrons. The molecule has 0 aliphatic carbocycles. The van der Waals surface area contributed by atoms with Gasteiger partial charge in [-0.15, -0.1) is 0 Å². The maximum atomic E-state index is 14.1. The Morgan fingerprint density at radius 1 is 1.24 bits per heavy atom. The molecule has 2 atom stereocenters. The van der Waals surface area contributed by atoms with Gasteiger partial charge in [-0.2, -0.15) is 0 Å². The van der Waals surface area contributed by atoms with E-state index in [0.717, 1.165) is 18.5 Å². The van der Waals surface area contributed by atoms with Crippen LogP contribution in [0.4, 0.5) is 4.39 Å². The second kappa shape index (κ2) is 7.87. The molecule has 2 unspecified atom stereocenters. The van der Waals surface area contributed by atoms with Gasteiger partial charge in [0.25, 0.3) is 0 Å². The third-order valence-corrected chi connectivity index (χ3v) is 5.30. The van der Waals surface area contributed by atoms with E-state index >= 15 is 0 Å². The van der Waals surface area contributed by atoms with Crippen molar-refractivity contribution in [3.05, 3.63) is 29.6 Å². The zero-order valence-electron chi connectivity index (χ0n) is 13.1. The summed E-state index contributed by atoms with van der Waals surface area (Å²) in [4.78, 5) is -0.294. The largest absolute Gasteiger partial charge is 0.313 e. The van der Waals surface area contributed by atoms with Crippen LogP contribution in [0.1, 0.15) is 39.7 Å². The smallest absolute Gasteiger partial charge is 0.243 e. The van der Waals surface area contributed by atoms with Crippen LogP contribution in [0.15, 0.2) is 23.1 Å². The van der Waals surface area contributed by atoms with Gasteiger partial charge in [-0.25, -0.2) is 17.5 Å². The monoisotopic (exact) mass is 316 g/mol. The van der Waals surface area contributed by atoms with Crippen LogP contribution in [-0.2, 0) is 16.6 Å². The molecule has 1 aromatic rings. The summed E-state index contributed by atoms with van der Waals surface area (Å²) in [6.45, 7) is 8.99. The molecule has 0 aliphatic rings. The van der Waals surface area contributed by atoms with E-state index in [0.29, 0.717) is 6.54 Å². The molecule has 0 bridgehead atoms. The molecular formula is C15H25FN2O2S. The highest BCUT2D eigenvalue weighted by molar-refractivity contribution is 7.89. The van der Waals surface area contributed by atoms with Crippen molar-refractivity contribution in [2.45, 2.75) is 51.6 Å². The Balaban J connectivity index is 2.93. The quantitative estimate of drug-likeness (QED) is 0.775. The van der Waals surface area contributed by atoms with E-state index in [9.17, 15) is 12.8 Å². The second-order valence-corrected chi connectivity index (χ2v) is 7.02.